The van der Waals surface area contributed by atoms with E-state index in [0.717, 1.165) is 50.0 Å². The summed E-state index contributed by atoms with van der Waals surface area (Å²) in [5.41, 5.74) is 1.34. The number of nitrogens with zero attached hydrogens (tertiary/aromatic N) is 2. The second kappa shape index (κ2) is 10.2. The van der Waals surface area contributed by atoms with Gasteiger partial charge in [-0.05, 0) is 31.2 Å². The minimum absolute atomic E-state index is 0.0791. The highest BCUT2D eigenvalue weighted by Gasteiger charge is 2.17. The molecular formula is C19H27N3OS. The van der Waals surface area contributed by atoms with Gasteiger partial charge >= 0.3 is 0 Å². The lowest BCUT2D eigenvalue weighted by Gasteiger charge is -2.12. The van der Waals surface area contributed by atoms with Gasteiger partial charge in [-0.25, -0.2) is 0 Å². The number of carbonyl (C=O) groups is 1. The number of aryl methyl sites for hydroxylation is 2. The molecule has 1 atom stereocenters. The lowest BCUT2D eigenvalue weighted by atomic mass is 9.99. The van der Waals surface area contributed by atoms with Crippen molar-refractivity contribution in [2.45, 2.75) is 58.8 Å². The van der Waals surface area contributed by atoms with Crippen molar-refractivity contribution in [2.24, 2.45) is 5.92 Å². The van der Waals surface area contributed by atoms with Crippen molar-refractivity contribution in [3.8, 4) is 0 Å². The van der Waals surface area contributed by atoms with Crippen LogP contribution < -0.4 is 5.32 Å². The Bertz CT molecular complexity index is 612. The van der Waals surface area contributed by atoms with Gasteiger partial charge in [0.15, 0.2) is 0 Å². The van der Waals surface area contributed by atoms with E-state index in [1.54, 1.807) is 0 Å². The molecular weight excluding hydrogens is 318 g/mol. The molecule has 5 heteroatoms. The largest absolute Gasteiger partial charge is 0.300 e. The van der Waals surface area contributed by atoms with E-state index in [1.165, 1.54) is 16.9 Å². The van der Waals surface area contributed by atoms with Crippen LogP contribution in [0.4, 0.5) is 5.13 Å². The summed E-state index contributed by atoms with van der Waals surface area (Å²) in [6.45, 7) is 4.21. The number of hydrogen-bond donors (Lipinski definition) is 1. The van der Waals surface area contributed by atoms with Gasteiger partial charge in [0.05, 0.1) is 0 Å². The summed E-state index contributed by atoms with van der Waals surface area (Å²) >= 11 is 1.49. The van der Waals surface area contributed by atoms with Crippen molar-refractivity contribution in [2.75, 3.05) is 5.32 Å². The second-order valence-corrected chi connectivity index (χ2v) is 7.14. The Kier molecular flexibility index (Phi) is 7.89. The summed E-state index contributed by atoms with van der Waals surface area (Å²) in [6.07, 6.45) is 7.00. The van der Waals surface area contributed by atoms with Gasteiger partial charge in [0.1, 0.15) is 5.01 Å². The third kappa shape index (κ3) is 6.04. The number of anilines is 1. The fraction of sp³-hybridized carbons (Fsp3) is 0.526. The van der Waals surface area contributed by atoms with Crippen LogP contribution in [0.2, 0.25) is 0 Å². The van der Waals surface area contributed by atoms with E-state index >= 15 is 0 Å². The molecule has 2 rings (SSSR count). The molecule has 0 aliphatic rings. The molecule has 0 bridgehead atoms. The van der Waals surface area contributed by atoms with Crippen LogP contribution >= 0.6 is 11.3 Å². The van der Waals surface area contributed by atoms with Crippen molar-refractivity contribution < 1.29 is 4.79 Å². The highest BCUT2D eigenvalue weighted by atomic mass is 32.1. The van der Waals surface area contributed by atoms with E-state index in [1.807, 2.05) is 6.07 Å². The third-order valence-electron chi connectivity index (χ3n) is 4.17. The van der Waals surface area contributed by atoms with Gasteiger partial charge in [0, 0.05) is 12.3 Å². The highest BCUT2D eigenvalue weighted by Crippen LogP contribution is 2.20. The van der Waals surface area contributed by atoms with E-state index in [0.29, 0.717) is 5.13 Å². The Morgan fingerprint density at radius 2 is 1.92 bits per heavy atom. The molecule has 0 aliphatic carbocycles. The van der Waals surface area contributed by atoms with Crippen molar-refractivity contribution in [1.82, 2.24) is 10.2 Å². The van der Waals surface area contributed by atoms with Gasteiger partial charge in [-0.1, -0.05) is 68.4 Å². The number of rotatable bonds is 10. The summed E-state index contributed by atoms with van der Waals surface area (Å²) in [6, 6.07) is 10.5. The van der Waals surface area contributed by atoms with Gasteiger partial charge in [0.25, 0.3) is 0 Å². The Labute approximate surface area is 148 Å². The molecule has 1 aromatic carbocycles. The average Bonchev–Trinajstić information content (AvgIpc) is 3.04. The lowest BCUT2D eigenvalue weighted by Crippen LogP contribution is -2.22. The number of aromatic nitrogens is 2. The predicted octanol–water partition coefficient (Wildman–Crippen LogP) is 4.87. The Morgan fingerprint density at radius 3 is 2.62 bits per heavy atom. The van der Waals surface area contributed by atoms with E-state index in [-0.39, 0.29) is 11.8 Å². The van der Waals surface area contributed by atoms with Gasteiger partial charge in [-0.15, -0.1) is 10.2 Å². The minimum atomic E-state index is 0.0791. The van der Waals surface area contributed by atoms with Crippen LogP contribution in [0, 0.1) is 5.92 Å². The zero-order valence-electron chi connectivity index (χ0n) is 14.6. The first-order chi connectivity index (χ1) is 11.7. The number of amides is 1. The van der Waals surface area contributed by atoms with Crippen molar-refractivity contribution in [1.29, 1.82) is 0 Å². The third-order valence-corrected chi connectivity index (χ3v) is 5.06. The molecule has 1 N–H and O–H groups in total. The van der Waals surface area contributed by atoms with E-state index in [2.05, 4.69) is 53.6 Å². The number of unbranched alkanes of at least 4 members (excludes halogenated alkanes) is 1. The Balaban J connectivity index is 1.78. The van der Waals surface area contributed by atoms with Gasteiger partial charge in [0.2, 0.25) is 11.0 Å². The van der Waals surface area contributed by atoms with Gasteiger partial charge in [-0.2, -0.15) is 0 Å². The molecule has 2 aromatic rings. The van der Waals surface area contributed by atoms with Crippen LogP contribution in [0.1, 0.15) is 56.5 Å². The van der Waals surface area contributed by atoms with E-state index in [4.69, 9.17) is 0 Å². The first kappa shape index (κ1) is 18.6. The zero-order valence-corrected chi connectivity index (χ0v) is 15.4. The fourth-order valence-electron chi connectivity index (χ4n) is 2.67. The first-order valence-electron chi connectivity index (χ1n) is 8.90. The molecule has 1 heterocycles. The SMILES string of the molecule is CCCCC(CC)C(=O)Nc1nnc(CCCc2ccccc2)s1. The van der Waals surface area contributed by atoms with Crippen molar-refractivity contribution >= 4 is 22.4 Å². The second-order valence-electron chi connectivity index (χ2n) is 6.08. The summed E-state index contributed by atoms with van der Waals surface area (Å²) < 4.78 is 0. The van der Waals surface area contributed by atoms with Crippen LogP contribution in [0.5, 0.6) is 0 Å². The van der Waals surface area contributed by atoms with Crippen LogP contribution in [-0.4, -0.2) is 16.1 Å². The summed E-state index contributed by atoms with van der Waals surface area (Å²) in [7, 11) is 0. The van der Waals surface area contributed by atoms with E-state index < -0.39 is 0 Å². The average molecular weight is 346 g/mol. The topological polar surface area (TPSA) is 54.9 Å². The monoisotopic (exact) mass is 345 g/mol. The molecule has 130 valence electrons. The summed E-state index contributed by atoms with van der Waals surface area (Å²) in [5.74, 6) is 0.160. The summed E-state index contributed by atoms with van der Waals surface area (Å²) in [5, 5.41) is 12.9. The number of hydrogen-bond acceptors (Lipinski definition) is 4. The predicted molar refractivity (Wildman–Crippen MR) is 100 cm³/mol. The standard InChI is InChI=1S/C19H27N3OS/c1-3-5-13-16(4-2)18(23)20-19-22-21-17(24-19)14-9-12-15-10-7-6-8-11-15/h6-8,10-11,16H,3-5,9,12-14H2,1-2H3,(H,20,22,23). The maximum Gasteiger partial charge on any atom is 0.229 e. The normalized spacial score (nSPS) is 12.1. The highest BCUT2D eigenvalue weighted by molar-refractivity contribution is 7.15. The molecule has 1 aromatic heterocycles. The van der Waals surface area contributed by atoms with Crippen LogP contribution in [0.3, 0.4) is 0 Å². The maximum absolute atomic E-state index is 12.3. The number of carbonyl (C=O) groups excluding carboxylic acids is 1. The molecule has 0 saturated carbocycles. The Hall–Kier alpha value is -1.75. The molecule has 0 saturated heterocycles. The molecule has 0 aliphatic heterocycles. The first-order valence-corrected chi connectivity index (χ1v) is 9.71. The number of nitrogens with one attached hydrogen (secondary N) is 1. The minimum Gasteiger partial charge on any atom is -0.300 e. The van der Waals surface area contributed by atoms with Crippen LogP contribution in [0.15, 0.2) is 30.3 Å². The van der Waals surface area contributed by atoms with Gasteiger partial charge < -0.3 is 5.32 Å². The lowest BCUT2D eigenvalue weighted by molar-refractivity contribution is -0.120. The molecule has 24 heavy (non-hydrogen) atoms. The fourth-order valence-corrected chi connectivity index (χ4v) is 3.46. The molecule has 1 amide bonds. The molecule has 0 spiro atoms. The molecule has 0 radical (unpaired) electrons. The smallest absolute Gasteiger partial charge is 0.229 e. The Morgan fingerprint density at radius 1 is 1.12 bits per heavy atom. The summed E-state index contributed by atoms with van der Waals surface area (Å²) in [4.78, 5) is 12.3. The van der Waals surface area contributed by atoms with Gasteiger partial charge in [-0.3, -0.25) is 4.79 Å². The molecule has 0 fully saturated rings. The molecule has 1 unspecified atom stereocenters. The van der Waals surface area contributed by atoms with Crippen molar-refractivity contribution in [3.05, 3.63) is 40.9 Å². The van der Waals surface area contributed by atoms with Crippen molar-refractivity contribution in [3.63, 3.8) is 0 Å². The van der Waals surface area contributed by atoms with E-state index in [9.17, 15) is 4.79 Å². The maximum atomic E-state index is 12.3. The number of benzene rings is 1. The molecule has 4 nitrogen and oxygen atoms in total. The van der Waals surface area contributed by atoms with Crippen LogP contribution in [-0.2, 0) is 17.6 Å². The van der Waals surface area contributed by atoms with Crippen LogP contribution in [0.25, 0.3) is 0 Å². The quantitative estimate of drug-likeness (QED) is 0.668. The zero-order chi connectivity index (χ0) is 17.2.